The molecule has 0 radical (unpaired) electrons. The van der Waals surface area contributed by atoms with Crippen molar-refractivity contribution in [2.45, 2.75) is 45.8 Å². The van der Waals surface area contributed by atoms with Crippen molar-refractivity contribution in [2.75, 3.05) is 0 Å². The van der Waals surface area contributed by atoms with Crippen molar-refractivity contribution in [3.8, 4) is 0 Å². The molecule has 1 aromatic heterocycles. The van der Waals surface area contributed by atoms with Gasteiger partial charge in [0.25, 0.3) is 5.56 Å². The van der Waals surface area contributed by atoms with Crippen molar-refractivity contribution in [1.82, 2.24) is 4.57 Å². The SMILES string of the molecule is CCCCn1cccc(C(C)(C)O)c1=O. The van der Waals surface area contributed by atoms with Crippen LogP contribution in [-0.4, -0.2) is 9.67 Å². The Bertz CT molecular complexity index is 374. The van der Waals surface area contributed by atoms with E-state index >= 15 is 0 Å². The number of aryl methyl sites for hydroxylation is 1. The topological polar surface area (TPSA) is 42.2 Å². The molecule has 0 aliphatic heterocycles. The fourth-order valence-corrected chi connectivity index (χ4v) is 1.51. The molecule has 0 aliphatic rings. The third-order valence-corrected chi connectivity index (χ3v) is 2.43. The molecule has 0 unspecified atom stereocenters. The molecule has 0 bridgehead atoms. The van der Waals surface area contributed by atoms with Crippen LogP contribution in [-0.2, 0) is 12.1 Å². The lowest BCUT2D eigenvalue weighted by Crippen LogP contribution is -2.31. The van der Waals surface area contributed by atoms with Gasteiger partial charge in [-0.1, -0.05) is 13.3 Å². The molecule has 15 heavy (non-hydrogen) atoms. The van der Waals surface area contributed by atoms with Crippen LogP contribution in [0.3, 0.4) is 0 Å². The molecule has 0 atom stereocenters. The van der Waals surface area contributed by atoms with Crippen LogP contribution in [0.15, 0.2) is 23.1 Å². The van der Waals surface area contributed by atoms with Crippen LogP contribution in [0.1, 0.15) is 39.2 Å². The van der Waals surface area contributed by atoms with Crippen LogP contribution in [0.2, 0.25) is 0 Å². The van der Waals surface area contributed by atoms with Crippen molar-refractivity contribution >= 4 is 0 Å². The third kappa shape index (κ3) is 2.93. The van der Waals surface area contributed by atoms with E-state index in [9.17, 15) is 9.90 Å². The molecule has 0 fully saturated rings. The largest absolute Gasteiger partial charge is 0.386 e. The van der Waals surface area contributed by atoms with Gasteiger partial charge in [0.1, 0.15) is 0 Å². The molecule has 1 rings (SSSR count). The molecule has 1 heterocycles. The predicted octanol–water partition coefficient (Wildman–Crippen LogP) is 1.88. The number of nitrogens with zero attached hydrogens (tertiary/aromatic N) is 1. The fourth-order valence-electron chi connectivity index (χ4n) is 1.51. The summed E-state index contributed by atoms with van der Waals surface area (Å²) >= 11 is 0. The number of rotatable bonds is 4. The Morgan fingerprint density at radius 2 is 2.13 bits per heavy atom. The smallest absolute Gasteiger partial charge is 0.256 e. The predicted molar refractivity (Wildman–Crippen MR) is 60.9 cm³/mol. The fraction of sp³-hybridized carbons (Fsp3) is 0.583. The van der Waals surface area contributed by atoms with Gasteiger partial charge in [-0.3, -0.25) is 4.79 Å². The van der Waals surface area contributed by atoms with Crippen LogP contribution in [0.5, 0.6) is 0 Å². The minimum atomic E-state index is -1.06. The van der Waals surface area contributed by atoms with E-state index < -0.39 is 5.60 Å². The van der Waals surface area contributed by atoms with Crippen LogP contribution in [0.25, 0.3) is 0 Å². The van der Waals surface area contributed by atoms with Crippen molar-refractivity contribution in [1.29, 1.82) is 0 Å². The second kappa shape index (κ2) is 4.62. The molecule has 3 nitrogen and oxygen atoms in total. The lowest BCUT2D eigenvalue weighted by molar-refractivity contribution is 0.0765. The number of hydrogen-bond donors (Lipinski definition) is 1. The normalized spacial score (nSPS) is 11.7. The number of pyridine rings is 1. The zero-order valence-corrected chi connectivity index (χ0v) is 9.66. The van der Waals surface area contributed by atoms with Crippen LogP contribution >= 0.6 is 0 Å². The highest BCUT2D eigenvalue weighted by Gasteiger charge is 2.20. The standard InChI is InChI=1S/C12H19NO2/c1-4-5-8-13-9-6-7-10(11(13)14)12(2,3)15/h6-7,9,15H,4-5,8H2,1-3H3. The van der Waals surface area contributed by atoms with E-state index in [0.29, 0.717) is 5.56 Å². The van der Waals surface area contributed by atoms with Gasteiger partial charge < -0.3 is 9.67 Å². The summed E-state index contributed by atoms with van der Waals surface area (Å²) < 4.78 is 1.66. The minimum Gasteiger partial charge on any atom is -0.386 e. The van der Waals surface area contributed by atoms with E-state index in [0.717, 1.165) is 19.4 Å². The van der Waals surface area contributed by atoms with Gasteiger partial charge in [0, 0.05) is 18.3 Å². The first kappa shape index (κ1) is 12.0. The maximum atomic E-state index is 11.9. The number of aliphatic hydroxyl groups is 1. The van der Waals surface area contributed by atoms with E-state index in [2.05, 4.69) is 6.92 Å². The average Bonchev–Trinajstić information content (AvgIpc) is 2.14. The van der Waals surface area contributed by atoms with Gasteiger partial charge in [0.2, 0.25) is 0 Å². The second-order valence-corrected chi connectivity index (χ2v) is 4.33. The Hall–Kier alpha value is -1.09. The number of hydrogen-bond acceptors (Lipinski definition) is 2. The zero-order chi connectivity index (χ0) is 11.5. The van der Waals surface area contributed by atoms with E-state index in [1.807, 2.05) is 6.07 Å². The Morgan fingerprint density at radius 1 is 1.47 bits per heavy atom. The molecule has 0 spiro atoms. The highest BCUT2D eigenvalue weighted by Crippen LogP contribution is 2.14. The monoisotopic (exact) mass is 209 g/mol. The van der Waals surface area contributed by atoms with Crippen LogP contribution in [0.4, 0.5) is 0 Å². The van der Waals surface area contributed by atoms with Crippen LogP contribution in [0, 0.1) is 0 Å². The Balaban J connectivity index is 3.07. The molecule has 84 valence electrons. The molecule has 0 saturated carbocycles. The quantitative estimate of drug-likeness (QED) is 0.822. The Kier molecular flexibility index (Phi) is 3.69. The summed E-state index contributed by atoms with van der Waals surface area (Å²) in [6.45, 7) is 6.08. The van der Waals surface area contributed by atoms with E-state index in [1.165, 1.54) is 0 Å². The lowest BCUT2D eigenvalue weighted by Gasteiger charge is -2.18. The van der Waals surface area contributed by atoms with Gasteiger partial charge in [-0.05, 0) is 32.4 Å². The zero-order valence-electron chi connectivity index (χ0n) is 9.66. The van der Waals surface area contributed by atoms with Crippen molar-refractivity contribution in [3.63, 3.8) is 0 Å². The maximum Gasteiger partial charge on any atom is 0.256 e. The molecular formula is C12H19NO2. The first-order valence-electron chi connectivity index (χ1n) is 5.39. The number of unbranched alkanes of at least 4 members (excludes halogenated alkanes) is 1. The average molecular weight is 209 g/mol. The van der Waals surface area contributed by atoms with Gasteiger partial charge >= 0.3 is 0 Å². The van der Waals surface area contributed by atoms with Crippen molar-refractivity contribution in [3.05, 3.63) is 34.2 Å². The summed E-state index contributed by atoms with van der Waals surface area (Å²) in [5, 5.41) is 9.81. The molecule has 3 heteroatoms. The number of aromatic nitrogens is 1. The summed E-state index contributed by atoms with van der Waals surface area (Å²) in [5.41, 5.74) is -0.689. The van der Waals surface area contributed by atoms with Gasteiger partial charge in [0.15, 0.2) is 0 Å². The lowest BCUT2D eigenvalue weighted by atomic mass is 10.0. The molecule has 1 N–H and O–H groups in total. The molecule has 1 aromatic rings. The van der Waals surface area contributed by atoms with Gasteiger partial charge in [-0.15, -0.1) is 0 Å². The first-order valence-corrected chi connectivity index (χ1v) is 5.39. The Labute approximate surface area is 90.4 Å². The molecule has 0 aromatic carbocycles. The minimum absolute atomic E-state index is 0.0848. The molecule has 0 amide bonds. The highest BCUT2D eigenvalue weighted by molar-refractivity contribution is 5.16. The molecule has 0 saturated heterocycles. The second-order valence-electron chi connectivity index (χ2n) is 4.33. The summed E-state index contributed by atoms with van der Waals surface area (Å²) in [4.78, 5) is 11.9. The van der Waals surface area contributed by atoms with Gasteiger partial charge in [0.05, 0.1) is 5.60 Å². The van der Waals surface area contributed by atoms with Gasteiger partial charge in [-0.2, -0.15) is 0 Å². The van der Waals surface area contributed by atoms with Crippen molar-refractivity contribution in [2.24, 2.45) is 0 Å². The summed E-state index contributed by atoms with van der Waals surface area (Å²) in [5.74, 6) is 0. The van der Waals surface area contributed by atoms with Crippen molar-refractivity contribution < 1.29 is 5.11 Å². The molecule has 0 aliphatic carbocycles. The highest BCUT2D eigenvalue weighted by atomic mass is 16.3. The maximum absolute atomic E-state index is 11.9. The summed E-state index contributed by atoms with van der Waals surface area (Å²) in [7, 11) is 0. The third-order valence-electron chi connectivity index (χ3n) is 2.43. The van der Waals surface area contributed by atoms with E-state index in [1.54, 1.807) is 30.7 Å². The first-order chi connectivity index (χ1) is 6.96. The van der Waals surface area contributed by atoms with E-state index in [-0.39, 0.29) is 5.56 Å². The Morgan fingerprint density at radius 3 is 2.67 bits per heavy atom. The summed E-state index contributed by atoms with van der Waals surface area (Å²) in [6, 6.07) is 3.50. The summed E-state index contributed by atoms with van der Waals surface area (Å²) in [6.07, 6.45) is 3.81. The molecular weight excluding hydrogens is 190 g/mol. The van der Waals surface area contributed by atoms with Gasteiger partial charge in [-0.25, -0.2) is 0 Å². The van der Waals surface area contributed by atoms with E-state index in [4.69, 9.17) is 0 Å². The van der Waals surface area contributed by atoms with Crippen LogP contribution < -0.4 is 5.56 Å².